The summed E-state index contributed by atoms with van der Waals surface area (Å²) in [6.45, 7) is 7.09. The second kappa shape index (κ2) is 7.79. The van der Waals surface area contributed by atoms with Gasteiger partial charge in [-0.25, -0.2) is 4.79 Å². The van der Waals surface area contributed by atoms with E-state index in [0.29, 0.717) is 13.1 Å². The van der Waals surface area contributed by atoms with Crippen LogP contribution in [0.1, 0.15) is 31.4 Å². The molecule has 0 spiro atoms. The number of rotatable bonds is 6. The smallest absolute Gasteiger partial charge is 0.321 e. The summed E-state index contributed by atoms with van der Waals surface area (Å²) in [7, 11) is 0. The lowest BCUT2D eigenvalue weighted by molar-refractivity contribution is 0.188. The molecule has 19 heavy (non-hydrogen) atoms. The van der Waals surface area contributed by atoms with E-state index in [4.69, 9.17) is 5.11 Å². The SMILES string of the molecule is CCCN(CCO)C(=O)Nc1c(C)cccc1CC. The van der Waals surface area contributed by atoms with Crippen LogP contribution in [-0.2, 0) is 6.42 Å². The number of hydrogen-bond acceptors (Lipinski definition) is 2. The van der Waals surface area contributed by atoms with Crippen molar-refractivity contribution < 1.29 is 9.90 Å². The third-order valence-corrected chi connectivity index (χ3v) is 3.12. The topological polar surface area (TPSA) is 52.6 Å². The molecule has 0 aliphatic rings. The number of carbonyl (C=O) groups excluding carboxylic acids is 1. The molecule has 4 nitrogen and oxygen atoms in total. The molecule has 0 bridgehead atoms. The Morgan fingerprint density at radius 1 is 1.32 bits per heavy atom. The third-order valence-electron chi connectivity index (χ3n) is 3.12. The fourth-order valence-corrected chi connectivity index (χ4v) is 2.09. The number of benzene rings is 1. The summed E-state index contributed by atoms with van der Waals surface area (Å²) in [6.07, 6.45) is 1.76. The van der Waals surface area contributed by atoms with E-state index in [1.807, 2.05) is 32.0 Å². The maximum absolute atomic E-state index is 12.2. The number of aryl methyl sites for hydroxylation is 2. The average Bonchev–Trinajstić information content (AvgIpc) is 2.40. The zero-order valence-corrected chi connectivity index (χ0v) is 12.1. The Morgan fingerprint density at radius 2 is 2.05 bits per heavy atom. The van der Waals surface area contributed by atoms with Crippen LogP contribution in [0.3, 0.4) is 0 Å². The maximum atomic E-state index is 12.2. The number of hydrogen-bond donors (Lipinski definition) is 2. The van der Waals surface area contributed by atoms with Crippen LogP contribution in [0.25, 0.3) is 0 Å². The maximum Gasteiger partial charge on any atom is 0.321 e. The first-order chi connectivity index (χ1) is 9.13. The second-order valence-electron chi connectivity index (χ2n) is 4.60. The van der Waals surface area contributed by atoms with Gasteiger partial charge in [-0.15, -0.1) is 0 Å². The predicted molar refractivity (Wildman–Crippen MR) is 78.5 cm³/mol. The van der Waals surface area contributed by atoms with E-state index >= 15 is 0 Å². The highest BCUT2D eigenvalue weighted by atomic mass is 16.3. The number of urea groups is 1. The zero-order valence-electron chi connectivity index (χ0n) is 12.1. The van der Waals surface area contributed by atoms with Crippen molar-refractivity contribution in [2.75, 3.05) is 25.0 Å². The molecule has 0 saturated heterocycles. The Morgan fingerprint density at radius 3 is 2.63 bits per heavy atom. The van der Waals surface area contributed by atoms with Crippen molar-refractivity contribution in [3.05, 3.63) is 29.3 Å². The van der Waals surface area contributed by atoms with Crippen LogP contribution in [-0.4, -0.2) is 35.7 Å². The number of nitrogens with zero attached hydrogens (tertiary/aromatic N) is 1. The largest absolute Gasteiger partial charge is 0.395 e. The van der Waals surface area contributed by atoms with Crippen LogP contribution < -0.4 is 5.32 Å². The first-order valence-electron chi connectivity index (χ1n) is 6.89. The Kier molecular flexibility index (Phi) is 6.36. The summed E-state index contributed by atoms with van der Waals surface area (Å²) in [4.78, 5) is 13.9. The van der Waals surface area contributed by atoms with E-state index < -0.39 is 0 Å². The highest BCUT2D eigenvalue weighted by molar-refractivity contribution is 5.91. The van der Waals surface area contributed by atoms with Gasteiger partial charge in [0.2, 0.25) is 0 Å². The molecule has 0 aliphatic heterocycles. The lowest BCUT2D eigenvalue weighted by atomic mass is 10.1. The van der Waals surface area contributed by atoms with Crippen molar-refractivity contribution in [1.82, 2.24) is 4.90 Å². The van der Waals surface area contributed by atoms with Gasteiger partial charge in [0.15, 0.2) is 0 Å². The molecule has 1 aromatic carbocycles. The summed E-state index contributed by atoms with van der Waals surface area (Å²) >= 11 is 0. The summed E-state index contributed by atoms with van der Waals surface area (Å²) in [5, 5.41) is 12.0. The van der Waals surface area contributed by atoms with Crippen molar-refractivity contribution in [3.63, 3.8) is 0 Å². The van der Waals surface area contributed by atoms with E-state index in [-0.39, 0.29) is 12.6 Å². The molecule has 0 atom stereocenters. The fourth-order valence-electron chi connectivity index (χ4n) is 2.09. The van der Waals surface area contributed by atoms with Gasteiger partial charge in [-0.3, -0.25) is 0 Å². The highest BCUT2D eigenvalue weighted by Crippen LogP contribution is 2.21. The van der Waals surface area contributed by atoms with Crippen molar-refractivity contribution in [2.45, 2.75) is 33.6 Å². The van der Waals surface area contributed by atoms with Crippen LogP contribution in [0.5, 0.6) is 0 Å². The second-order valence-corrected chi connectivity index (χ2v) is 4.60. The Bertz CT molecular complexity index is 413. The molecule has 1 aromatic rings. The molecular formula is C15H24N2O2. The molecule has 4 heteroatoms. The lowest BCUT2D eigenvalue weighted by Gasteiger charge is -2.23. The highest BCUT2D eigenvalue weighted by Gasteiger charge is 2.14. The van der Waals surface area contributed by atoms with E-state index in [1.54, 1.807) is 4.90 Å². The van der Waals surface area contributed by atoms with Crippen molar-refractivity contribution in [1.29, 1.82) is 0 Å². The summed E-state index contributed by atoms with van der Waals surface area (Å²) in [5.41, 5.74) is 3.09. The average molecular weight is 264 g/mol. The minimum atomic E-state index is -0.139. The zero-order chi connectivity index (χ0) is 14.3. The number of aliphatic hydroxyl groups is 1. The normalized spacial score (nSPS) is 10.3. The molecule has 2 amide bonds. The van der Waals surface area contributed by atoms with Gasteiger partial charge < -0.3 is 15.3 Å². The van der Waals surface area contributed by atoms with Gasteiger partial charge in [0, 0.05) is 18.8 Å². The number of nitrogens with one attached hydrogen (secondary N) is 1. The first-order valence-corrected chi connectivity index (χ1v) is 6.89. The van der Waals surface area contributed by atoms with Gasteiger partial charge in [-0.05, 0) is 30.9 Å². The van der Waals surface area contributed by atoms with Crippen LogP contribution >= 0.6 is 0 Å². The molecule has 106 valence electrons. The number of para-hydroxylation sites is 1. The lowest BCUT2D eigenvalue weighted by Crippen LogP contribution is -2.37. The number of aliphatic hydroxyl groups excluding tert-OH is 1. The fraction of sp³-hybridized carbons (Fsp3) is 0.533. The quantitative estimate of drug-likeness (QED) is 0.830. The summed E-state index contributed by atoms with van der Waals surface area (Å²) < 4.78 is 0. The number of amides is 2. The van der Waals surface area contributed by atoms with Crippen molar-refractivity contribution >= 4 is 11.7 Å². The minimum Gasteiger partial charge on any atom is -0.395 e. The summed E-state index contributed by atoms with van der Waals surface area (Å²) in [6, 6.07) is 5.88. The van der Waals surface area contributed by atoms with Gasteiger partial charge in [0.1, 0.15) is 0 Å². The van der Waals surface area contributed by atoms with E-state index in [2.05, 4.69) is 12.2 Å². The molecule has 2 N–H and O–H groups in total. The molecular weight excluding hydrogens is 240 g/mol. The first kappa shape index (κ1) is 15.5. The van der Waals surface area contributed by atoms with E-state index in [1.165, 1.54) is 0 Å². The van der Waals surface area contributed by atoms with Crippen LogP contribution in [0, 0.1) is 6.92 Å². The molecule has 1 rings (SSSR count). The van der Waals surface area contributed by atoms with Gasteiger partial charge in [-0.1, -0.05) is 32.0 Å². The van der Waals surface area contributed by atoms with Crippen LogP contribution in [0.2, 0.25) is 0 Å². The standard InChI is InChI=1S/C15H24N2O2/c1-4-9-17(10-11-18)15(19)16-14-12(3)7-6-8-13(14)5-2/h6-8,18H,4-5,9-11H2,1-3H3,(H,16,19). The van der Waals surface area contributed by atoms with Crippen molar-refractivity contribution in [3.8, 4) is 0 Å². The molecule has 0 aromatic heterocycles. The third kappa shape index (κ3) is 4.24. The van der Waals surface area contributed by atoms with Crippen molar-refractivity contribution in [2.24, 2.45) is 0 Å². The van der Waals surface area contributed by atoms with Crippen LogP contribution in [0.4, 0.5) is 10.5 Å². The molecule has 0 aliphatic carbocycles. The predicted octanol–water partition coefficient (Wildman–Crippen LogP) is 2.79. The Balaban J connectivity index is 2.85. The number of carbonyl (C=O) groups is 1. The Hall–Kier alpha value is -1.55. The molecule has 0 radical (unpaired) electrons. The molecule has 0 saturated carbocycles. The monoisotopic (exact) mass is 264 g/mol. The van der Waals surface area contributed by atoms with Crippen LogP contribution in [0.15, 0.2) is 18.2 Å². The number of anilines is 1. The summed E-state index contributed by atoms with van der Waals surface area (Å²) in [5.74, 6) is 0. The van der Waals surface area contributed by atoms with Gasteiger partial charge in [-0.2, -0.15) is 0 Å². The van der Waals surface area contributed by atoms with E-state index in [0.717, 1.165) is 29.7 Å². The molecule has 0 unspecified atom stereocenters. The van der Waals surface area contributed by atoms with E-state index in [9.17, 15) is 4.79 Å². The van der Waals surface area contributed by atoms with Gasteiger partial charge in [0.05, 0.1) is 6.61 Å². The molecule has 0 fully saturated rings. The Labute approximate surface area is 115 Å². The van der Waals surface area contributed by atoms with Gasteiger partial charge in [0.25, 0.3) is 0 Å². The van der Waals surface area contributed by atoms with Gasteiger partial charge >= 0.3 is 6.03 Å². The molecule has 0 heterocycles. The minimum absolute atomic E-state index is 0.0121.